The summed E-state index contributed by atoms with van der Waals surface area (Å²) in [6.45, 7) is 0.688. The molecule has 0 radical (unpaired) electrons. The van der Waals surface area contributed by atoms with Crippen LogP contribution in [0.5, 0.6) is 0 Å². The number of carbonyl (C=O) groups is 1. The number of para-hydroxylation sites is 1. The number of hydrogen-bond donors (Lipinski definition) is 1. The van der Waals surface area contributed by atoms with E-state index in [-0.39, 0.29) is 5.78 Å². The zero-order valence-electron chi connectivity index (χ0n) is 14.6. The second-order valence-corrected chi connectivity index (χ2v) is 7.21. The largest absolute Gasteiger partial charge is 0.380 e. The number of carbonyl (C=O) groups excluding carboxylic acids is 1. The highest BCUT2D eigenvalue weighted by atomic mass is 79.9. The second kappa shape index (κ2) is 9.35. The Labute approximate surface area is 163 Å². The summed E-state index contributed by atoms with van der Waals surface area (Å²) in [5.41, 5.74) is 4.12. The molecule has 0 amide bonds. The molecule has 3 aromatic rings. The number of rotatable bonds is 8. The van der Waals surface area contributed by atoms with Crippen LogP contribution in [0.4, 0.5) is 5.69 Å². The SMILES string of the molecule is O=C(CCCc1ccccc1)c1ccccc1NCc1cccc(Br)c1. The van der Waals surface area contributed by atoms with Crippen molar-refractivity contribution in [3.8, 4) is 0 Å². The van der Waals surface area contributed by atoms with Crippen LogP contribution in [-0.2, 0) is 13.0 Å². The van der Waals surface area contributed by atoms with Crippen LogP contribution in [0.25, 0.3) is 0 Å². The number of aryl methyl sites for hydroxylation is 1. The summed E-state index contributed by atoms with van der Waals surface area (Å²) in [5.74, 6) is 0.193. The van der Waals surface area contributed by atoms with Gasteiger partial charge in [-0.2, -0.15) is 0 Å². The van der Waals surface area contributed by atoms with E-state index < -0.39 is 0 Å². The van der Waals surface area contributed by atoms with Gasteiger partial charge in [-0.25, -0.2) is 0 Å². The summed E-state index contributed by atoms with van der Waals surface area (Å²) < 4.78 is 1.06. The number of Topliss-reactive ketones (excluding diaryl/α,β-unsaturated/α-hetero) is 1. The topological polar surface area (TPSA) is 29.1 Å². The Morgan fingerprint density at radius 2 is 1.58 bits per heavy atom. The highest BCUT2D eigenvalue weighted by molar-refractivity contribution is 9.10. The normalized spacial score (nSPS) is 10.5. The van der Waals surface area contributed by atoms with Crippen LogP contribution >= 0.6 is 15.9 Å². The molecule has 3 heteroatoms. The Balaban J connectivity index is 1.59. The van der Waals surface area contributed by atoms with Gasteiger partial charge >= 0.3 is 0 Å². The minimum atomic E-state index is 0.193. The molecule has 0 aliphatic heterocycles. The monoisotopic (exact) mass is 407 g/mol. The standard InChI is InChI=1S/C23H22BrNO/c24-20-12-6-11-19(16-20)17-25-22-14-5-4-13-21(22)23(26)15-7-10-18-8-2-1-3-9-18/h1-6,8-9,11-14,16,25H,7,10,15,17H2. The summed E-state index contributed by atoms with van der Waals surface area (Å²) in [6.07, 6.45) is 2.35. The van der Waals surface area contributed by atoms with Gasteiger partial charge in [-0.1, -0.05) is 70.5 Å². The quantitative estimate of drug-likeness (QED) is 0.446. The van der Waals surface area contributed by atoms with E-state index in [1.54, 1.807) is 0 Å². The summed E-state index contributed by atoms with van der Waals surface area (Å²) in [7, 11) is 0. The minimum Gasteiger partial charge on any atom is -0.380 e. The molecule has 0 aliphatic rings. The minimum absolute atomic E-state index is 0.193. The molecule has 26 heavy (non-hydrogen) atoms. The highest BCUT2D eigenvalue weighted by Crippen LogP contribution is 2.20. The van der Waals surface area contributed by atoms with Gasteiger partial charge in [0.2, 0.25) is 0 Å². The molecule has 3 rings (SSSR count). The van der Waals surface area contributed by atoms with Crippen LogP contribution in [0.1, 0.15) is 34.3 Å². The van der Waals surface area contributed by atoms with E-state index >= 15 is 0 Å². The van der Waals surface area contributed by atoms with Gasteiger partial charge in [-0.05, 0) is 48.2 Å². The molecule has 0 fully saturated rings. The maximum atomic E-state index is 12.7. The smallest absolute Gasteiger partial charge is 0.164 e. The van der Waals surface area contributed by atoms with Gasteiger partial charge in [0.15, 0.2) is 5.78 Å². The number of anilines is 1. The predicted molar refractivity (Wildman–Crippen MR) is 112 cm³/mol. The van der Waals surface area contributed by atoms with Crippen LogP contribution in [0.3, 0.4) is 0 Å². The molecule has 0 aromatic heterocycles. The Hall–Kier alpha value is -2.39. The molecule has 0 bridgehead atoms. The lowest BCUT2D eigenvalue weighted by molar-refractivity contribution is 0.0981. The van der Waals surface area contributed by atoms with Gasteiger partial charge in [0.05, 0.1) is 0 Å². The van der Waals surface area contributed by atoms with E-state index in [1.807, 2.05) is 54.6 Å². The van der Waals surface area contributed by atoms with E-state index in [4.69, 9.17) is 0 Å². The van der Waals surface area contributed by atoms with E-state index in [0.717, 1.165) is 28.6 Å². The molecule has 1 N–H and O–H groups in total. The summed E-state index contributed by atoms with van der Waals surface area (Å²) in [4.78, 5) is 12.7. The first-order chi connectivity index (χ1) is 12.7. The zero-order valence-corrected chi connectivity index (χ0v) is 16.2. The molecular weight excluding hydrogens is 386 g/mol. The first kappa shape index (κ1) is 18.4. The fourth-order valence-corrected chi connectivity index (χ4v) is 3.40. The van der Waals surface area contributed by atoms with E-state index in [1.165, 1.54) is 11.1 Å². The lowest BCUT2D eigenvalue weighted by Gasteiger charge is -2.12. The van der Waals surface area contributed by atoms with Crippen molar-refractivity contribution in [1.29, 1.82) is 0 Å². The van der Waals surface area contributed by atoms with Crippen molar-refractivity contribution in [1.82, 2.24) is 0 Å². The van der Waals surface area contributed by atoms with Crippen molar-refractivity contribution in [2.45, 2.75) is 25.8 Å². The summed E-state index contributed by atoms with van der Waals surface area (Å²) in [5, 5.41) is 3.40. The Kier molecular flexibility index (Phi) is 6.62. The Morgan fingerprint density at radius 1 is 0.846 bits per heavy atom. The predicted octanol–water partition coefficient (Wildman–Crippen LogP) is 6.27. The fraction of sp³-hybridized carbons (Fsp3) is 0.174. The van der Waals surface area contributed by atoms with Crippen molar-refractivity contribution >= 4 is 27.4 Å². The van der Waals surface area contributed by atoms with Gasteiger partial charge in [-0.3, -0.25) is 4.79 Å². The zero-order chi connectivity index (χ0) is 18.2. The maximum absolute atomic E-state index is 12.7. The molecule has 132 valence electrons. The average Bonchev–Trinajstić information content (AvgIpc) is 2.67. The number of halogens is 1. The van der Waals surface area contributed by atoms with Crippen LogP contribution in [0, 0.1) is 0 Å². The third-order valence-electron chi connectivity index (χ3n) is 4.31. The first-order valence-corrected chi connectivity index (χ1v) is 9.66. The molecule has 0 heterocycles. The van der Waals surface area contributed by atoms with Crippen molar-refractivity contribution in [3.05, 3.63) is 100 Å². The molecule has 3 aromatic carbocycles. The molecule has 0 atom stereocenters. The number of nitrogens with one attached hydrogen (secondary N) is 1. The van der Waals surface area contributed by atoms with Gasteiger partial charge in [-0.15, -0.1) is 0 Å². The lowest BCUT2D eigenvalue weighted by atomic mass is 10.0. The molecular formula is C23H22BrNO. The number of hydrogen-bond acceptors (Lipinski definition) is 2. The van der Waals surface area contributed by atoms with Crippen LogP contribution < -0.4 is 5.32 Å². The van der Waals surface area contributed by atoms with Crippen LogP contribution in [0.15, 0.2) is 83.3 Å². The van der Waals surface area contributed by atoms with Crippen molar-refractivity contribution in [2.75, 3.05) is 5.32 Å². The first-order valence-electron chi connectivity index (χ1n) is 8.87. The molecule has 0 spiro atoms. The van der Waals surface area contributed by atoms with Crippen molar-refractivity contribution in [3.63, 3.8) is 0 Å². The van der Waals surface area contributed by atoms with Gasteiger partial charge in [0, 0.05) is 28.7 Å². The molecule has 0 aliphatic carbocycles. The summed E-state index contributed by atoms with van der Waals surface area (Å²) in [6, 6.07) is 26.3. The molecule has 2 nitrogen and oxygen atoms in total. The fourth-order valence-electron chi connectivity index (χ4n) is 2.96. The van der Waals surface area contributed by atoms with Crippen molar-refractivity contribution < 1.29 is 4.79 Å². The molecule has 0 saturated carbocycles. The third-order valence-corrected chi connectivity index (χ3v) is 4.80. The average molecular weight is 408 g/mol. The number of benzene rings is 3. The van der Waals surface area contributed by atoms with Gasteiger partial charge in [0.25, 0.3) is 0 Å². The molecule has 0 unspecified atom stereocenters. The third kappa shape index (κ3) is 5.30. The Bertz CT molecular complexity index is 861. The van der Waals surface area contributed by atoms with E-state index in [9.17, 15) is 4.79 Å². The van der Waals surface area contributed by atoms with Crippen LogP contribution in [0.2, 0.25) is 0 Å². The van der Waals surface area contributed by atoms with E-state index in [2.05, 4.69) is 45.5 Å². The van der Waals surface area contributed by atoms with Crippen LogP contribution in [-0.4, -0.2) is 5.78 Å². The molecule has 0 saturated heterocycles. The van der Waals surface area contributed by atoms with Crippen molar-refractivity contribution in [2.24, 2.45) is 0 Å². The second-order valence-electron chi connectivity index (χ2n) is 6.29. The Morgan fingerprint density at radius 3 is 2.38 bits per heavy atom. The number of ketones is 1. The maximum Gasteiger partial charge on any atom is 0.164 e. The van der Waals surface area contributed by atoms with Gasteiger partial charge in [0.1, 0.15) is 0 Å². The summed E-state index contributed by atoms with van der Waals surface area (Å²) >= 11 is 3.49. The lowest BCUT2D eigenvalue weighted by Crippen LogP contribution is -2.07. The van der Waals surface area contributed by atoms with E-state index in [0.29, 0.717) is 13.0 Å². The van der Waals surface area contributed by atoms with Gasteiger partial charge < -0.3 is 5.32 Å². The highest BCUT2D eigenvalue weighted by Gasteiger charge is 2.10.